The van der Waals surface area contributed by atoms with E-state index in [1.807, 2.05) is 30.9 Å². The van der Waals surface area contributed by atoms with Crippen LogP contribution in [0.25, 0.3) is 0 Å². The van der Waals surface area contributed by atoms with Crippen molar-refractivity contribution in [1.29, 1.82) is 0 Å². The highest BCUT2D eigenvalue weighted by molar-refractivity contribution is 6.30. The van der Waals surface area contributed by atoms with Gasteiger partial charge < -0.3 is 15.7 Å². The fourth-order valence-electron chi connectivity index (χ4n) is 4.50. The SMILES string of the molecule is C.CC(C)[C@@H](NC(=O)C1C=NC(F)=CC1)C(=O)N1CC[C@H](c2ccc(Cl)cc2)C(C)(C)C1.O. The Bertz CT molecular complexity index is 883. The van der Waals surface area contributed by atoms with E-state index in [-0.39, 0.29) is 42.5 Å². The van der Waals surface area contributed by atoms with Crippen LogP contribution in [-0.4, -0.2) is 47.5 Å². The Morgan fingerprint density at radius 2 is 1.88 bits per heavy atom. The predicted molar refractivity (Wildman–Crippen MR) is 132 cm³/mol. The van der Waals surface area contributed by atoms with Crippen LogP contribution < -0.4 is 5.32 Å². The average Bonchev–Trinajstić information content (AvgIpc) is 2.72. The third-order valence-electron chi connectivity index (χ3n) is 6.30. The van der Waals surface area contributed by atoms with Crippen LogP contribution in [0.4, 0.5) is 4.39 Å². The fourth-order valence-corrected chi connectivity index (χ4v) is 4.63. The number of rotatable bonds is 5. The Morgan fingerprint density at radius 1 is 1.24 bits per heavy atom. The summed E-state index contributed by atoms with van der Waals surface area (Å²) in [5.41, 5.74) is 1.11. The molecule has 0 radical (unpaired) electrons. The molecule has 3 N–H and O–H groups in total. The molecule has 184 valence electrons. The topological polar surface area (TPSA) is 93.3 Å². The van der Waals surface area contributed by atoms with E-state index in [0.29, 0.717) is 24.0 Å². The van der Waals surface area contributed by atoms with Crippen LogP contribution in [0.5, 0.6) is 0 Å². The van der Waals surface area contributed by atoms with E-state index < -0.39 is 17.9 Å². The molecule has 33 heavy (non-hydrogen) atoms. The number of halogens is 2. The van der Waals surface area contributed by atoms with Crippen molar-refractivity contribution < 1.29 is 19.5 Å². The Morgan fingerprint density at radius 3 is 2.39 bits per heavy atom. The first kappa shape index (κ1) is 28.8. The molecule has 8 heteroatoms. The molecular formula is C25H37ClFN3O3. The molecule has 3 rings (SSSR count). The first-order valence-electron chi connectivity index (χ1n) is 10.8. The fraction of sp³-hybridized carbons (Fsp3) is 0.560. The predicted octanol–water partition coefficient (Wildman–Crippen LogP) is 4.54. The van der Waals surface area contributed by atoms with E-state index in [4.69, 9.17) is 11.6 Å². The Hall–Kier alpha value is -2.25. The molecule has 0 spiro atoms. The second kappa shape index (κ2) is 11.7. The van der Waals surface area contributed by atoms with Gasteiger partial charge in [0, 0.05) is 24.3 Å². The summed E-state index contributed by atoms with van der Waals surface area (Å²) in [7, 11) is 0. The molecule has 1 aromatic rings. The van der Waals surface area contributed by atoms with E-state index in [9.17, 15) is 14.0 Å². The second-order valence-corrected chi connectivity index (χ2v) is 9.96. The minimum absolute atomic E-state index is 0. The molecule has 0 saturated carbocycles. The van der Waals surface area contributed by atoms with Gasteiger partial charge in [-0.3, -0.25) is 9.59 Å². The van der Waals surface area contributed by atoms with Crippen molar-refractivity contribution in [3.63, 3.8) is 0 Å². The van der Waals surface area contributed by atoms with Gasteiger partial charge in [-0.2, -0.15) is 4.39 Å². The summed E-state index contributed by atoms with van der Waals surface area (Å²) in [5.74, 6) is -1.25. The first-order valence-corrected chi connectivity index (χ1v) is 11.2. The van der Waals surface area contributed by atoms with Gasteiger partial charge in [0.15, 0.2) is 0 Å². The van der Waals surface area contributed by atoms with Gasteiger partial charge in [0.25, 0.3) is 0 Å². The van der Waals surface area contributed by atoms with Gasteiger partial charge >= 0.3 is 0 Å². The smallest absolute Gasteiger partial charge is 0.245 e. The minimum Gasteiger partial charge on any atom is -0.412 e. The number of allylic oxidation sites excluding steroid dienone is 1. The molecule has 0 aliphatic carbocycles. The standard InChI is InChI=1S/C24H31ClFN3O2.CH4.H2O/c1-15(2)21(28-22(30)17-7-10-20(26)27-13-17)23(31)29-12-11-19(24(3,4)14-29)16-5-8-18(25)9-6-16;;/h5-6,8-10,13,15,17,19,21H,7,11-12,14H2,1-4H3,(H,28,30);1H4;1H2/t17?,19-,21-;;/m1../s1. The maximum Gasteiger partial charge on any atom is 0.245 e. The zero-order chi connectivity index (χ0) is 22.8. The number of hydrogen-bond acceptors (Lipinski definition) is 3. The van der Waals surface area contributed by atoms with E-state index in [0.717, 1.165) is 6.42 Å². The number of nitrogens with zero attached hydrogens (tertiary/aromatic N) is 2. The van der Waals surface area contributed by atoms with Crippen molar-refractivity contribution in [2.45, 2.75) is 59.9 Å². The van der Waals surface area contributed by atoms with E-state index in [1.54, 1.807) is 0 Å². The van der Waals surface area contributed by atoms with Crippen LogP contribution in [0.1, 0.15) is 59.4 Å². The van der Waals surface area contributed by atoms with Gasteiger partial charge in [-0.05, 0) is 53.9 Å². The van der Waals surface area contributed by atoms with E-state index >= 15 is 0 Å². The number of likely N-dealkylation sites (tertiary alicyclic amines) is 1. The number of benzene rings is 1. The Balaban J connectivity index is 0.00000272. The molecule has 2 heterocycles. The lowest BCUT2D eigenvalue weighted by Crippen LogP contribution is -2.56. The van der Waals surface area contributed by atoms with Crippen LogP contribution in [0.15, 0.2) is 41.3 Å². The van der Waals surface area contributed by atoms with Crippen molar-refractivity contribution in [2.75, 3.05) is 13.1 Å². The lowest BCUT2D eigenvalue weighted by Gasteiger charge is -2.45. The van der Waals surface area contributed by atoms with Crippen LogP contribution in [0, 0.1) is 17.3 Å². The quantitative estimate of drug-likeness (QED) is 0.625. The summed E-state index contributed by atoms with van der Waals surface area (Å²) in [5, 5.41) is 3.60. The Labute approximate surface area is 201 Å². The number of nitrogens with one attached hydrogen (secondary N) is 1. The van der Waals surface area contributed by atoms with Crippen LogP contribution >= 0.6 is 11.6 Å². The highest BCUT2D eigenvalue weighted by Gasteiger charge is 2.40. The number of carbonyl (C=O) groups is 2. The van der Waals surface area contributed by atoms with Gasteiger partial charge in [-0.1, -0.05) is 58.9 Å². The number of amides is 2. The highest BCUT2D eigenvalue weighted by Crippen LogP contribution is 2.42. The zero-order valence-corrected chi connectivity index (χ0v) is 19.8. The molecule has 1 unspecified atom stereocenters. The van der Waals surface area contributed by atoms with Crippen molar-refractivity contribution in [3.8, 4) is 0 Å². The molecule has 2 aliphatic heterocycles. The summed E-state index contributed by atoms with van der Waals surface area (Å²) in [6, 6.07) is 7.31. The molecule has 1 saturated heterocycles. The summed E-state index contributed by atoms with van der Waals surface area (Å²) in [6.45, 7) is 9.43. The summed E-state index contributed by atoms with van der Waals surface area (Å²) in [6.07, 6.45) is 3.70. The van der Waals surface area contributed by atoms with E-state index in [1.165, 1.54) is 17.9 Å². The molecule has 2 amide bonds. The maximum atomic E-state index is 13.4. The third kappa shape index (κ3) is 6.87. The Kier molecular flexibility index (Phi) is 10.2. The summed E-state index contributed by atoms with van der Waals surface area (Å²) in [4.78, 5) is 31.5. The number of hydrogen-bond donors (Lipinski definition) is 1. The van der Waals surface area contributed by atoms with Gasteiger partial charge in [-0.15, -0.1) is 0 Å². The van der Waals surface area contributed by atoms with Crippen LogP contribution in [0.3, 0.4) is 0 Å². The normalized spacial score (nSPS) is 22.5. The van der Waals surface area contributed by atoms with Crippen molar-refractivity contribution in [2.24, 2.45) is 22.2 Å². The molecule has 3 atom stereocenters. The largest absolute Gasteiger partial charge is 0.412 e. The molecule has 0 aromatic heterocycles. The lowest BCUT2D eigenvalue weighted by molar-refractivity contribution is -0.141. The van der Waals surface area contributed by atoms with Gasteiger partial charge in [0.05, 0.1) is 5.92 Å². The number of aliphatic imine (C=N–C) groups is 1. The molecule has 6 nitrogen and oxygen atoms in total. The third-order valence-corrected chi connectivity index (χ3v) is 6.55. The van der Waals surface area contributed by atoms with Crippen LogP contribution in [0.2, 0.25) is 5.02 Å². The second-order valence-electron chi connectivity index (χ2n) is 9.52. The minimum atomic E-state index is -0.625. The van der Waals surface area contributed by atoms with Crippen molar-refractivity contribution in [1.82, 2.24) is 10.2 Å². The summed E-state index contributed by atoms with van der Waals surface area (Å²) < 4.78 is 13.1. The average molecular weight is 482 g/mol. The lowest BCUT2D eigenvalue weighted by atomic mass is 9.70. The van der Waals surface area contributed by atoms with Gasteiger partial charge in [0.2, 0.25) is 17.8 Å². The maximum absolute atomic E-state index is 13.4. The monoisotopic (exact) mass is 481 g/mol. The number of piperidine rings is 1. The van der Waals surface area contributed by atoms with Gasteiger partial charge in [-0.25, -0.2) is 4.99 Å². The first-order chi connectivity index (χ1) is 14.6. The molecule has 1 fully saturated rings. The van der Waals surface area contributed by atoms with E-state index in [2.05, 4.69) is 36.3 Å². The molecule has 0 bridgehead atoms. The van der Waals surface area contributed by atoms with Crippen LogP contribution in [-0.2, 0) is 9.59 Å². The molecule has 2 aliphatic rings. The van der Waals surface area contributed by atoms with Gasteiger partial charge in [0.1, 0.15) is 6.04 Å². The van der Waals surface area contributed by atoms with Crippen molar-refractivity contribution >= 4 is 29.6 Å². The molecule has 1 aromatic carbocycles. The zero-order valence-electron chi connectivity index (χ0n) is 19.1. The summed E-state index contributed by atoms with van der Waals surface area (Å²) >= 11 is 6.04. The number of carbonyl (C=O) groups excluding carboxylic acids is 2. The van der Waals surface area contributed by atoms with Crippen molar-refractivity contribution in [3.05, 3.63) is 46.9 Å². The highest BCUT2D eigenvalue weighted by atomic mass is 35.5. The molecular weight excluding hydrogens is 445 g/mol.